The van der Waals surface area contributed by atoms with Gasteiger partial charge in [0.15, 0.2) is 0 Å². The summed E-state index contributed by atoms with van der Waals surface area (Å²) in [6, 6.07) is 6.92. The first-order chi connectivity index (χ1) is 11.6. The zero-order valence-corrected chi connectivity index (χ0v) is 15.9. The molecule has 2 N–H and O–H groups in total. The van der Waals surface area contributed by atoms with Crippen LogP contribution in [0.5, 0.6) is 0 Å². The van der Waals surface area contributed by atoms with E-state index in [0.29, 0.717) is 18.7 Å². The molecule has 0 saturated carbocycles. The van der Waals surface area contributed by atoms with Crippen LogP contribution in [0.2, 0.25) is 0 Å². The van der Waals surface area contributed by atoms with Gasteiger partial charge in [-0.15, -0.1) is 0 Å². The van der Waals surface area contributed by atoms with Gasteiger partial charge in [0.25, 0.3) is 5.91 Å². The first-order valence-electron chi connectivity index (χ1n) is 8.98. The Kier molecular flexibility index (Phi) is 5.88. The summed E-state index contributed by atoms with van der Waals surface area (Å²) in [5.41, 5.74) is 1.75. The lowest BCUT2D eigenvalue weighted by molar-refractivity contribution is -0.132. The molecule has 0 aromatic heterocycles. The van der Waals surface area contributed by atoms with Gasteiger partial charge in [0, 0.05) is 24.6 Å². The number of carbonyl (C=O) groups excluding carboxylic acids is 2. The van der Waals surface area contributed by atoms with Crippen molar-refractivity contribution < 1.29 is 14.7 Å². The van der Waals surface area contributed by atoms with Crippen molar-refractivity contribution in [3.8, 4) is 0 Å². The van der Waals surface area contributed by atoms with Crippen molar-refractivity contribution in [1.82, 2.24) is 10.2 Å². The number of nitrogens with zero attached hydrogens (tertiary/aromatic N) is 1. The van der Waals surface area contributed by atoms with Crippen LogP contribution in [-0.4, -0.2) is 47.1 Å². The standard InChI is InChI=1S/C20H30N2O3/c1-13(19(25)22-11-10-16(12-22)14(2)23)21-18(24)15-6-8-17(9-7-15)20(3,4)5/h6-9,13-14,16,23H,10-12H2,1-5H3,(H,21,24). The Hall–Kier alpha value is -1.88. The largest absolute Gasteiger partial charge is 0.393 e. The molecule has 1 fully saturated rings. The predicted octanol–water partition coefficient (Wildman–Crippen LogP) is 2.33. The number of rotatable bonds is 4. The average Bonchev–Trinajstić information content (AvgIpc) is 3.03. The molecule has 3 unspecified atom stereocenters. The van der Waals surface area contributed by atoms with E-state index >= 15 is 0 Å². The van der Waals surface area contributed by atoms with Crippen LogP contribution in [-0.2, 0) is 10.2 Å². The van der Waals surface area contributed by atoms with Crippen LogP contribution in [0.25, 0.3) is 0 Å². The van der Waals surface area contributed by atoms with E-state index in [1.54, 1.807) is 30.9 Å². The Labute approximate surface area is 150 Å². The van der Waals surface area contributed by atoms with Gasteiger partial charge in [0.1, 0.15) is 6.04 Å². The fourth-order valence-electron chi connectivity index (χ4n) is 3.12. The van der Waals surface area contributed by atoms with E-state index in [9.17, 15) is 14.7 Å². The van der Waals surface area contributed by atoms with Crippen molar-refractivity contribution in [2.24, 2.45) is 5.92 Å². The van der Waals surface area contributed by atoms with Gasteiger partial charge >= 0.3 is 0 Å². The molecule has 5 nitrogen and oxygen atoms in total. The number of nitrogens with one attached hydrogen (secondary N) is 1. The smallest absolute Gasteiger partial charge is 0.251 e. The molecule has 2 amide bonds. The Balaban J connectivity index is 1.94. The summed E-state index contributed by atoms with van der Waals surface area (Å²) in [6.07, 6.45) is 0.391. The lowest BCUT2D eigenvalue weighted by Gasteiger charge is -2.23. The molecule has 5 heteroatoms. The molecular formula is C20H30N2O3. The Morgan fingerprint density at radius 3 is 2.28 bits per heavy atom. The highest BCUT2D eigenvalue weighted by Gasteiger charge is 2.31. The maximum absolute atomic E-state index is 12.5. The van der Waals surface area contributed by atoms with Gasteiger partial charge < -0.3 is 15.3 Å². The van der Waals surface area contributed by atoms with Gasteiger partial charge in [-0.2, -0.15) is 0 Å². The maximum atomic E-state index is 12.5. The Morgan fingerprint density at radius 2 is 1.80 bits per heavy atom. The summed E-state index contributed by atoms with van der Waals surface area (Å²) >= 11 is 0. The molecule has 0 bridgehead atoms. The molecule has 25 heavy (non-hydrogen) atoms. The molecule has 138 valence electrons. The zero-order chi connectivity index (χ0) is 18.8. The number of aliphatic hydroxyl groups is 1. The third kappa shape index (κ3) is 4.82. The van der Waals surface area contributed by atoms with Gasteiger partial charge in [-0.1, -0.05) is 32.9 Å². The molecule has 0 aliphatic carbocycles. The van der Waals surface area contributed by atoms with Crippen LogP contribution >= 0.6 is 0 Å². The quantitative estimate of drug-likeness (QED) is 0.879. The number of aliphatic hydroxyl groups excluding tert-OH is 1. The summed E-state index contributed by atoms with van der Waals surface area (Å²) < 4.78 is 0. The van der Waals surface area contributed by atoms with Crippen molar-refractivity contribution in [1.29, 1.82) is 0 Å². The van der Waals surface area contributed by atoms with E-state index in [2.05, 4.69) is 26.1 Å². The lowest BCUT2D eigenvalue weighted by atomic mass is 9.86. The first kappa shape index (κ1) is 19.4. The predicted molar refractivity (Wildman–Crippen MR) is 98.4 cm³/mol. The van der Waals surface area contributed by atoms with E-state index in [4.69, 9.17) is 0 Å². The van der Waals surface area contributed by atoms with Crippen LogP contribution < -0.4 is 5.32 Å². The van der Waals surface area contributed by atoms with Gasteiger partial charge in [-0.25, -0.2) is 0 Å². The molecule has 0 spiro atoms. The van der Waals surface area contributed by atoms with Crippen molar-refractivity contribution in [3.05, 3.63) is 35.4 Å². The van der Waals surface area contributed by atoms with Gasteiger partial charge in [0.2, 0.25) is 5.91 Å². The second-order valence-electron chi connectivity index (χ2n) is 8.10. The second-order valence-corrected chi connectivity index (χ2v) is 8.10. The minimum atomic E-state index is -0.581. The molecule has 1 saturated heterocycles. The first-order valence-corrected chi connectivity index (χ1v) is 8.98. The summed E-state index contributed by atoms with van der Waals surface area (Å²) in [4.78, 5) is 26.6. The molecular weight excluding hydrogens is 316 g/mol. The topological polar surface area (TPSA) is 69.6 Å². The van der Waals surface area contributed by atoms with Gasteiger partial charge in [-0.05, 0) is 43.4 Å². The van der Waals surface area contributed by atoms with Gasteiger partial charge in [0.05, 0.1) is 6.10 Å². The van der Waals surface area contributed by atoms with Crippen LogP contribution in [0.4, 0.5) is 0 Å². The average molecular weight is 346 g/mol. The molecule has 1 aliphatic heterocycles. The lowest BCUT2D eigenvalue weighted by Crippen LogP contribution is -2.46. The van der Waals surface area contributed by atoms with Crippen molar-refractivity contribution >= 4 is 11.8 Å². The Bertz CT molecular complexity index is 617. The van der Waals surface area contributed by atoms with Crippen molar-refractivity contribution in [2.45, 2.75) is 58.6 Å². The summed E-state index contributed by atoms with van der Waals surface area (Å²) in [5.74, 6) is -0.216. The van der Waals surface area contributed by atoms with Gasteiger partial charge in [-0.3, -0.25) is 9.59 Å². The number of likely N-dealkylation sites (tertiary alicyclic amines) is 1. The van der Waals surface area contributed by atoms with E-state index in [-0.39, 0.29) is 23.1 Å². The Morgan fingerprint density at radius 1 is 1.20 bits per heavy atom. The SMILES string of the molecule is CC(NC(=O)c1ccc(C(C)(C)C)cc1)C(=O)N1CCC(C(C)O)C1. The van der Waals surface area contributed by atoms with E-state index in [1.807, 2.05) is 12.1 Å². The molecule has 3 atom stereocenters. The summed E-state index contributed by atoms with van der Waals surface area (Å²) in [6.45, 7) is 11.0. The van der Waals surface area contributed by atoms with Crippen LogP contribution in [0, 0.1) is 5.92 Å². The van der Waals surface area contributed by atoms with Crippen LogP contribution in [0.15, 0.2) is 24.3 Å². The molecule has 1 aromatic rings. The summed E-state index contributed by atoms with van der Waals surface area (Å²) in [7, 11) is 0. The van der Waals surface area contributed by atoms with Crippen LogP contribution in [0.1, 0.15) is 57.0 Å². The normalized spacial score (nSPS) is 20.2. The molecule has 1 aromatic carbocycles. The number of hydrogen-bond acceptors (Lipinski definition) is 3. The zero-order valence-electron chi connectivity index (χ0n) is 15.9. The van der Waals surface area contributed by atoms with E-state index < -0.39 is 12.1 Å². The van der Waals surface area contributed by atoms with Crippen LogP contribution in [0.3, 0.4) is 0 Å². The number of hydrogen-bond donors (Lipinski definition) is 2. The maximum Gasteiger partial charge on any atom is 0.251 e. The third-order valence-electron chi connectivity index (χ3n) is 4.95. The minimum Gasteiger partial charge on any atom is -0.393 e. The minimum absolute atomic E-state index is 0.0361. The van der Waals surface area contributed by atoms with E-state index in [0.717, 1.165) is 12.0 Å². The molecule has 2 rings (SSSR count). The van der Waals surface area contributed by atoms with E-state index in [1.165, 1.54) is 0 Å². The number of benzene rings is 1. The van der Waals surface area contributed by atoms with Crippen molar-refractivity contribution in [2.75, 3.05) is 13.1 Å². The van der Waals surface area contributed by atoms with Crippen molar-refractivity contribution in [3.63, 3.8) is 0 Å². The second kappa shape index (κ2) is 7.56. The fraction of sp³-hybridized carbons (Fsp3) is 0.600. The highest BCUT2D eigenvalue weighted by molar-refractivity contribution is 5.97. The monoisotopic (exact) mass is 346 g/mol. The number of carbonyl (C=O) groups is 2. The fourth-order valence-corrected chi connectivity index (χ4v) is 3.12. The molecule has 1 aliphatic rings. The molecule has 1 heterocycles. The highest BCUT2D eigenvalue weighted by atomic mass is 16.3. The molecule has 0 radical (unpaired) electrons. The summed E-state index contributed by atoms with van der Waals surface area (Å²) in [5, 5.41) is 12.4. The highest BCUT2D eigenvalue weighted by Crippen LogP contribution is 2.22. The number of amides is 2. The third-order valence-corrected chi connectivity index (χ3v) is 4.95.